The molecule has 1 saturated heterocycles. The molecule has 2 fully saturated rings. The van der Waals surface area contributed by atoms with Crippen molar-refractivity contribution in [2.75, 3.05) is 11.9 Å². The molecule has 7 nitrogen and oxygen atoms in total. The van der Waals surface area contributed by atoms with Crippen LogP contribution in [-0.2, 0) is 20.9 Å². The molecule has 0 radical (unpaired) electrons. The molecule has 2 atom stereocenters. The summed E-state index contributed by atoms with van der Waals surface area (Å²) in [5, 5.41) is 2.86. The van der Waals surface area contributed by atoms with E-state index in [0.29, 0.717) is 5.95 Å². The molecule has 28 heavy (non-hydrogen) atoms. The topological polar surface area (TPSA) is 84.3 Å². The summed E-state index contributed by atoms with van der Waals surface area (Å²) in [6.45, 7) is 2.97. The lowest BCUT2D eigenvalue weighted by molar-refractivity contribution is -0.140. The highest BCUT2D eigenvalue weighted by atomic mass is 16.2. The molecule has 7 heteroatoms. The van der Waals surface area contributed by atoms with E-state index >= 15 is 0 Å². The second kappa shape index (κ2) is 7.73. The largest absolute Gasteiger partial charge is 0.310 e. The number of likely N-dealkylation sites (tertiary alicyclic amines) is 1. The highest BCUT2D eigenvalue weighted by Crippen LogP contribution is 2.38. The van der Waals surface area contributed by atoms with Gasteiger partial charge in [-0.15, -0.1) is 0 Å². The van der Waals surface area contributed by atoms with Crippen LogP contribution in [0.25, 0.3) is 11.0 Å². The van der Waals surface area contributed by atoms with Gasteiger partial charge < -0.3 is 4.57 Å². The average Bonchev–Trinajstić information content (AvgIpc) is 3.16. The molecule has 1 aliphatic carbocycles. The Bertz CT molecular complexity index is 896. The summed E-state index contributed by atoms with van der Waals surface area (Å²) in [7, 11) is 0. The molecule has 1 aliphatic heterocycles. The van der Waals surface area contributed by atoms with Crippen molar-refractivity contribution >= 4 is 34.7 Å². The zero-order valence-electron chi connectivity index (χ0n) is 16.2. The van der Waals surface area contributed by atoms with Crippen LogP contribution in [0.2, 0.25) is 0 Å². The number of carbonyl (C=O) groups is 3. The molecule has 1 aromatic heterocycles. The van der Waals surface area contributed by atoms with Crippen LogP contribution < -0.4 is 5.32 Å². The third-order valence-corrected chi connectivity index (χ3v) is 5.85. The number of aromatic nitrogens is 2. The lowest BCUT2D eigenvalue weighted by Gasteiger charge is -2.19. The number of fused-ring (bicyclic) bond motifs is 2. The third kappa shape index (κ3) is 3.30. The van der Waals surface area contributed by atoms with Crippen molar-refractivity contribution in [3.63, 3.8) is 0 Å². The predicted octanol–water partition coefficient (Wildman–Crippen LogP) is 2.95. The minimum atomic E-state index is -0.233. The summed E-state index contributed by atoms with van der Waals surface area (Å²) >= 11 is 0. The highest BCUT2D eigenvalue weighted by molar-refractivity contribution is 6.05. The van der Waals surface area contributed by atoms with Gasteiger partial charge in [0.1, 0.15) is 0 Å². The SMILES string of the molecule is CCCn1c(NC(=O)CCN2C(=O)[C@H]3CCCC[C@H]3C2=O)nc2ccccc21. The summed E-state index contributed by atoms with van der Waals surface area (Å²) in [5.74, 6) is -0.249. The predicted molar refractivity (Wildman–Crippen MR) is 105 cm³/mol. The standard InChI is InChI=1S/C21H26N4O3/c1-2-12-24-17-10-6-5-9-16(17)22-21(24)23-18(26)11-13-25-19(27)14-7-3-4-8-15(14)20(25)28/h5-6,9-10,14-15H,2-4,7-8,11-13H2,1H3,(H,22,23,26)/t14-,15+. The maximum Gasteiger partial charge on any atom is 0.233 e. The number of benzene rings is 1. The van der Waals surface area contributed by atoms with Gasteiger partial charge in [-0.05, 0) is 31.4 Å². The quantitative estimate of drug-likeness (QED) is 0.779. The Morgan fingerprint density at radius 2 is 1.79 bits per heavy atom. The number of imidazole rings is 1. The number of nitrogens with zero attached hydrogens (tertiary/aromatic N) is 3. The molecular formula is C21H26N4O3. The zero-order valence-corrected chi connectivity index (χ0v) is 16.2. The minimum Gasteiger partial charge on any atom is -0.310 e. The number of hydrogen-bond acceptors (Lipinski definition) is 4. The molecule has 1 N–H and O–H groups in total. The molecule has 2 aliphatic rings. The second-order valence-electron chi connectivity index (χ2n) is 7.70. The molecule has 148 valence electrons. The van der Waals surface area contributed by atoms with Crippen LogP contribution in [0.3, 0.4) is 0 Å². The van der Waals surface area contributed by atoms with Gasteiger partial charge in [0.25, 0.3) is 0 Å². The number of rotatable bonds is 6. The Morgan fingerprint density at radius 3 is 2.46 bits per heavy atom. The van der Waals surface area contributed by atoms with Crippen LogP contribution >= 0.6 is 0 Å². The first kappa shape index (κ1) is 18.7. The van der Waals surface area contributed by atoms with Crippen molar-refractivity contribution < 1.29 is 14.4 Å². The Labute approximate surface area is 164 Å². The fourth-order valence-corrected chi connectivity index (χ4v) is 4.47. The second-order valence-corrected chi connectivity index (χ2v) is 7.70. The zero-order chi connectivity index (χ0) is 19.7. The Kier molecular flexibility index (Phi) is 5.15. The molecule has 1 aromatic carbocycles. The van der Waals surface area contributed by atoms with Crippen LogP contribution in [0.15, 0.2) is 24.3 Å². The van der Waals surface area contributed by atoms with E-state index in [2.05, 4.69) is 17.2 Å². The molecule has 0 spiro atoms. The summed E-state index contributed by atoms with van der Waals surface area (Å²) in [6.07, 6.45) is 4.59. The van der Waals surface area contributed by atoms with E-state index in [1.165, 1.54) is 4.90 Å². The van der Waals surface area contributed by atoms with Crippen LogP contribution in [0.1, 0.15) is 45.4 Å². The molecule has 4 rings (SSSR count). The Balaban J connectivity index is 1.42. The smallest absolute Gasteiger partial charge is 0.233 e. The van der Waals surface area contributed by atoms with E-state index < -0.39 is 0 Å². The number of anilines is 1. The maximum atomic E-state index is 12.5. The van der Waals surface area contributed by atoms with Crippen LogP contribution in [0, 0.1) is 11.8 Å². The van der Waals surface area contributed by atoms with Gasteiger partial charge in [0, 0.05) is 19.5 Å². The molecule has 2 aromatic rings. The van der Waals surface area contributed by atoms with Crippen LogP contribution in [0.5, 0.6) is 0 Å². The van der Waals surface area contributed by atoms with E-state index in [9.17, 15) is 14.4 Å². The molecule has 3 amide bonds. The fraction of sp³-hybridized carbons (Fsp3) is 0.524. The van der Waals surface area contributed by atoms with Gasteiger partial charge in [0.2, 0.25) is 23.7 Å². The number of imide groups is 1. The van der Waals surface area contributed by atoms with Gasteiger partial charge in [0.15, 0.2) is 0 Å². The monoisotopic (exact) mass is 382 g/mol. The number of aryl methyl sites for hydroxylation is 1. The van der Waals surface area contributed by atoms with E-state index in [-0.39, 0.29) is 42.5 Å². The third-order valence-electron chi connectivity index (χ3n) is 5.85. The molecule has 0 unspecified atom stereocenters. The van der Waals surface area contributed by atoms with Crippen molar-refractivity contribution in [2.45, 2.75) is 52.0 Å². The normalized spacial score (nSPS) is 22.0. The van der Waals surface area contributed by atoms with Crippen LogP contribution in [-0.4, -0.2) is 38.7 Å². The minimum absolute atomic E-state index is 0.0895. The maximum absolute atomic E-state index is 12.5. The first-order chi connectivity index (χ1) is 13.6. The van der Waals surface area contributed by atoms with Crippen LogP contribution in [0.4, 0.5) is 5.95 Å². The number of nitrogens with one attached hydrogen (secondary N) is 1. The first-order valence-electron chi connectivity index (χ1n) is 10.2. The average molecular weight is 382 g/mol. The molecular weight excluding hydrogens is 356 g/mol. The molecule has 1 saturated carbocycles. The Morgan fingerprint density at radius 1 is 1.11 bits per heavy atom. The van der Waals surface area contributed by atoms with Crippen molar-refractivity contribution in [3.05, 3.63) is 24.3 Å². The van der Waals surface area contributed by atoms with Gasteiger partial charge in [-0.3, -0.25) is 24.6 Å². The van der Waals surface area contributed by atoms with Gasteiger partial charge >= 0.3 is 0 Å². The van der Waals surface area contributed by atoms with E-state index in [1.54, 1.807) is 0 Å². The highest BCUT2D eigenvalue weighted by Gasteiger charge is 2.47. The number of amides is 3. The molecule has 2 heterocycles. The fourth-order valence-electron chi connectivity index (χ4n) is 4.47. The lowest BCUT2D eigenvalue weighted by Crippen LogP contribution is -2.34. The summed E-state index contributed by atoms with van der Waals surface area (Å²) in [6, 6.07) is 7.77. The van der Waals surface area contributed by atoms with Crippen molar-refractivity contribution in [1.29, 1.82) is 0 Å². The summed E-state index contributed by atoms with van der Waals surface area (Å²) in [5.41, 5.74) is 1.81. The van der Waals surface area contributed by atoms with Crippen molar-refractivity contribution in [3.8, 4) is 0 Å². The first-order valence-corrected chi connectivity index (χ1v) is 10.2. The van der Waals surface area contributed by atoms with Gasteiger partial charge in [-0.25, -0.2) is 4.98 Å². The van der Waals surface area contributed by atoms with Gasteiger partial charge in [-0.2, -0.15) is 0 Å². The van der Waals surface area contributed by atoms with Gasteiger partial charge in [-0.1, -0.05) is 31.9 Å². The van der Waals surface area contributed by atoms with E-state index in [0.717, 1.165) is 49.7 Å². The van der Waals surface area contributed by atoms with E-state index in [4.69, 9.17) is 0 Å². The molecule has 0 bridgehead atoms. The van der Waals surface area contributed by atoms with Crippen molar-refractivity contribution in [2.24, 2.45) is 11.8 Å². The Hall–Kier alpha value is -2.70. The van der Waals surface area contributed by atoms with Crippen molar-refractivity contribution in [1.82, 2.24) is 14.5 Å². The lowest BCUT2D eigenvalue weighted by atomic mass is 9.81. The number of hydrogen-bond donors (Lipinski definition) is 1. The number of para-hydroxylation sites is 2. The van der Waals surface area contributed by atoms with Gasteiger partial charge in [0.05, 0.1) is 22.9 Å². The summed E-state index contributed by atoms with van der Waals surface area (Å²) < 4.78 is 1.99. The summed E-state index contributed by atoms with van der Waals surface area (Å²) in [4.78, 5) is 43.4. The number of carbonyl (C=O) groups excluding carboxylic acids is 3. The van der Waals surface area contributed by atoms with E-state index in [1.807, 2.05) is 28.8 Å².